The summed E-state index contributed by atoms with van der Waals surface area (Å²) in [4.78, 5) is 16.1. The average molecular weight is 291 g/mol. The van der Waals surface area contributed by atoms with E-state index >= 15 is 0 Å². The highest BCUT2D eigenvalue weighted by molar-refractivity contribution is 5.73. The summed E-state index contributed by atoms with van der Waals surface area (Å²) in [6.45, 7) is 2.08. The van der Waals surface area contributed by atoms with Gasteiger partial charge in [-0.2, -0.15) is 18.2 Å². The molecule has 0 aliphatic rings. The van der Waals surface area contributed by atoms with Crippen molar-refractivity contribution in [2.45, 2.75) is 25.6 Å². The molecule has 0 aliphatic carbocycles. The van der Waals surface area contributed by atoms with E-state index in [1.165, 1.54) is 24.3 Å². The lowest BCUT2D eigenvalue weighted by molar-refractivity contribution is -0.182. The Morgan fingerprint density at radius 3 is 2.25 bits per heavy atom. The maximum atomic E-state index is 12.4. The number of rotatable bonds is 6. The van der Waals surface area contributed by atoms with Crippen LogP contribution >= 0.6 is 0 Å². The normalized spacial score (nSPS) is 13.5. The number of carbonyl (C=O) groups is 1. The molecule has 0 aromatic heterocycles. The van der Waals surface area contributed by atoms with Crippen molar-refractivity contribution in [1.82, 2.24) is 5.06 Å². The van der Waals surface area contributed by atoms with E-state index < -0.39 is 23.8 Å². The molecule has 0 bridgehead atoms. The maximum absolute atomic E-state index is 12.4. The lowest BCUT2D eigenvalue weighted by atomic mass is 10.0. The van der Waals surface area contributed by atoms with Gasteiger partial charge in [-0.05, 0) is 17.7 Å². The van der Waals surface area contributed by atoms with Gasteiger partial charge in [0.25, 0.3) is 0 Å². The Morgan fingerprint density at radius 1 is 1.35 bits per heavy atom. The van der Waals surface area contributed by atoms with Gasteiger partial charge in [-0.3, -0.25) is 4.79 Å². The number of likely N-dealkylation sites (N-methyl/N-ethyl adjacent to an activating group) is 1. The fraction of sp³-hybridized carbons (Fsp3) is 0.462. The number of alkyl halides is 3. The number of carboxylic acids is 1. The fourth-order valence-electron chi connectivity index (χ4n) is 1.84. The van der Waals surface area contributed by atoms with E-state index in [0.717, 1.165) is 12.1 Å². The fourth-order valence-corrected chi connectivity index (χ4v) is 1.84. The van der Waals surface area contributed by atoms with Gasteiger partial charge in [0.15, 0.2) is 0 Å². The van der Waals surface area contributed by atoms with Crippen molar-refractivity contribution >= 4 is 5.97 Å². The third kappa shape index (κ3) is 4.21. The first-order chi connectivity index (χ1) is 9.29. The highest BCUT2D eigenvalue weighted by atomic mass is 19.4. The van der Waals surface area contributed by atoms with Gasteiger partial charge in [-0.25, -0.2) is 0 Å². The van der Waals surface area contributed by atoms with E-state index in [0.29, 0.717) is 12.1 Å². The van der Waals surface area contributed by atoms with E-state index in [1.807, 2.05) is 0 Å². The molecule has 0 radical (unpaired) electrons. The standard InChI is InChI=1S/C13H16F3NO3/c1-3-17(20-2)11(12(18)19)8-9-4-6-10(7-5-9)13(14,15)16/h4-7,11H,3,8H2,1-2H3,(H,18,19)/t11-/m0/s1. The first kappa shape index (κ1) is 16.5. The highest BCUT2D eigenvalue weighted by Crippen LogP contribution is 2.29. The van der Waals surface area contributed by atoms with Gasteiger partial charge in [0.05, 0.1) is 12.7 Å². The van der Waals surface area contributed by atoms with Crippen molar-refractivity contribution < 1.29 is 27.9 Å². The quantitative estimate of drug-likeness (QED) is 0.818. The maximum Gasteiger partial charge on any atom is 0.416 e. The van der Waals surface area contributed by atoms with E-state index in [1.54, 1.807) is 6.92 Å². The van der Waals surface area contributed by atoms with Crippen LogP contribution in [0.4, 0.5) is 13.2 Å². The molecule has 0 unspecified atom stereocenters. The second-order valence-corrected chi connectivity index (χ2v) is 4.17. The van der Waals surface area contributed by atoms with Crippen LogP contribution in [0.25, 0.3) is 0 Å². The summed E-state index contributed by atoms with van der Waals surface area (Å²) in [6.07, 6.45) is -4.33. The summed E-state index contributed by atoms with van der Waals surface area (Å²) in [5, 5.41) is 10.4. The number of benzene rings is 1. The summed E-state index contributed by atoms with van der Waals surface area (Å²) < 4.78 is 37.3. The monoisotopic (exact) mass is 291 g/mol. The van der Waals surface area contributed by atoms with Crippen molar-refractivity contribution in [2.75, 3.05) is 13.7 Å². The average Bonchev–Trinajstić information content (AvgIpc) is 2.38. The number of carboxylic acid groups (broad SMARTS) is 1. The van der Waals surface area contributed by atoms with Gasteiger partial charge in [0, 0.05) is 13.0 Å². The van der Waals surface area contributed by atoms with Crippen LogP contribution in [0, 0.1) is 0 Å². The number of halogens is 3. The molecular weight excluding hydrogens is 275 g/mol. The first-order valence-electron chi connectivity index (χ1n) is 5.99. The SMILES string of the molecule is CCN(OC)[C@@H](Cc1ccc(C(F)(F)F)cc1)C(=O)O. The van der Waals surface area contributed by atoms with Gasteiger partial charge in [0.1, 0.15) is 6.04 Å². The minimum atomic E-state index is -4.40. The summed E-state index contributed by atoms with van der Waals surface area (Å²) >= 11 is 0. The molecule has 1 atom stereocenters. The Kier molecular flexibility index (Phi) is 5.52. The Balaban J connectivity index is 2.87. The third-order valence-corrected chi connectivity index (χ3v) is 2.89. The summed E-state index contributed by atoms with van der Waals surface area (Å²) in [5.74, 6) is -1.09. The van der Waals surface area contributed by atoms with E-state index in [4.69, 9.17) is 9.94 Å². The van der Waals surface area contributed by atoms with Crippen LogP contribution in [0.2, 0.25) is 0 Å². The molecule has 0 heterocycles. The zero-order valence-corrected chi connectivity index (χ0v) is 11.1. The number of hydrogen-bond donors (Lipinski definition) is 1. The highest BCUT2D eigenvalue weighted by Gasteiger charge is 2.30. The molecule has 0 saturated carbocycles. The topological polar surface area (TPSA) is 49.8 Å². The molecule has 20 heavy (non-hydrogen) atoms. The number of aliphatic carboxylic acids is 1. The van der Waals surface area contributed by atoms with Crippen molar-refractivity contribution in [2.24, 2.45) is 0 Å². The van der Waals surface area contributed by atoms with Crippen molar-refractivity contribution in [3.63, 3.8) is 0 Å². The molecule has 0 amide bonds. The van der Waals surface area contributed by atoms with Crippen LogP contribution in [0.5, 0.6) is 0 Å². The summed E-state index contributed by atoms with van der Waals surface area (Å²) in [6, 6.07) is 3.50. The Hall–Kier alpha value is -1.60. The minimum Gasteiger partial charge on any atom is -0.480 e. The zero-order valence-electron chi connectivity index (χ0n) is 11.1. The van der Waals surface area contributed by atoms with Gasteiger partial charge in [0.2, 0.25) is 0 Å². The number of nitrogens with zero attached hydrogens (tertiary/aromatic N) is 1. The molecular formula is C13H16F3NO3. The lowest BCUT2D eigenvalue weighted by Crippen LogP contribution is -2.41. The Labute approximate surface area is 114 Å². The Bertz CT molecular complexity index is 441. The minimum absolute atomic E-state index is 0.0646. The van der Waals surface area contributed by atoms with Gasteiger partial charge in [-0.1, -0.05) is 19.1 Å². The second-order valence-electron chi connectivity index (χ2n) is 4.17. The molecule has 4 nitrogen and oxygen atoms in total. The van der Waals surface area contributed by atoms with Crippen LogP contribution < -0.4 is 0 Å². The molecule has 0 saturated heterocycles. The van der Waals surface area contributed by atoms with Crippen molar-refractivity contribution in [1.29, 1.82) is 0 Å². The summed E-state index contributed by atoms with van der Waals surface area (Å²) in [5.41, 5.74) is -0.256. The van der Waals surface area contributed by atoms with E-state index in [9.17, 15) is 18.0 Å². The predicted molar refractivity (Wildman–Crippen MR) is 66.0 cm³/mol. The van der Waals surface area contributed by atoms with Crippen molar-refractivity contribution in [3.8, 4) is 0 Å². The Morgan fingerprint density at radius 2 is 1.90 bits per heavy atom. The number of hydroxylamine groups is 2. The van der Waals surface area contributed by atoms with Crippen LogP contribution in [0.15, 0.2) is 24.3 Å². The van der Waals surface area contributed by atoms with Crippen LogP contribution in [0.3, 0.4) is 0 Å². The molecule has 1 aromatic carbocycles. The molecule has 0 aliphatic heterocycles. The molecule has 1 aromatic rings. The molecule has 1 rings (SSSR count). The molecule has 112 valence electrons. The van der Waals surface area contributed by atoms with Crippen LogP contribution in [-0.4, -0.2) is 35.8 Å². The predicted octanol–water partition coefficient (Wildman–Crippen LogP) is 2.58. The molecule has 0 spiro atoms. The summed E-state index contributed by atoms with van der Waals surface area (Å²) in [7, 11) is 1.35. The van der Waals surface area contributed by atoms with E-state index in [2.05, 4.69) is 0 Å². The van der Waals surface area contributed by atoms with E-state index in [-0.39, 0.29) is 6.42 Å². The van der Waals surface area contributed by atoms with Gasteiger partial charge >= 0.3 is 12.1 Å². The molecule has 0 fully saturated rings. The van der Waals surface area contributed by atoms with Gasteiger partial charge < -0.3 is 9.94 Å². The molecule has 1 N–H and O–H groups in total. The van der Waals surface area contributed by atoms with Crippen molar-refractivity contribution in [3.05, 3.63) is 35.4 Å². The third-order valence-electron chi connectivity index (χ3n) is 2.89. The number of hydrogen-bond acceptors (Lipinski definition) is 3. The largest absolute Gasteiger partial charge is 0.480 e. The van der Waals surface area contributed by atoms with Crippen LogP contribution in [-0.2, 0) is 22.2 Å². The second kappa shape index (κ2) is 6.71. The first-order valence-corrected chi connectivity index (χ1v) is 5.99. The van der Waals surface area contributed by atoms with Gasteiger partial charge in [-0.15, -0.1) is 0 Å². The van der Waals surface area contributed by atoms with Crippen LogP contribution in [0.1, 0.15) is 18.1 Å². The smallest absolute Gasteiger partial charge is 0.416 e. The molecule has 7 heteroatoms. The zero-order chi connectivity index (χ0) is 15.3. The lowest BCUT2D eigenvalue weighted by Gasteiger charge is -2.25.